The average molecular weight is 390 g/mol. The first-order valence-corrected chi connectivity index (χ1v) is 10.8. The van der Waals surface area contributed by atoms with Crippen LogP contribution in [0.15, 0.2) is 16.8 Å². The number of nitrogens with zero attached hydrogens (tertiary/aromatic N) is 3. The fraction of sp³-hybridized carbons (Fsp3) is 0.650. The standard InChI is InChI=1S/C20H27N3O3S/c1-15(24)23-11-19(26)22(17-6-9-27-12-17)14-20(23)7-8-21(13-20)18(25)10-16-4-2-3-5-16/h6,9,12,16H,2-5,7-8,10-11,13-14H2,1H3. The van der Waals surface area contributed by atoms with Crippen LogP contribution in [0.25, 0.3) is 0 Å². The van der Waals surface area contributed by atoms with Gasteiger partial charge in [0.05, 0.1) is 17.8 Å². The molecule has 3 fully saturated rings. The van der Waals surface area contributed by atoms with Crippen molar-refractivity contribution in [2.45, 2.75) is 51.0 Å². The molecule has 3 amide bonds. The van der Waals surface area contributed by atoms with Crippen LogP contribution < -0.4 is 4.90 Å². The van der Waals surface area contributed by atoms with E-state index in [9.17, 15) is 14.4 Å². The molecule has 1 spiro atoms. The summed E-state index contributed by atoms with van der Waals surface area (Å²) in [6, 6.07) is 1.94. The van der Waals surface area contributed by atoms with Gasteiger partial charge >= 0.3 is 0 Å². The van der Waals surface area contributed by atoms with Gasteiger partial charge in [0, 0.05) is 31.8 Å². The molecule has 7 heteroatoms. The van der Waals surface area contributed by atoms with E-state index >= 15 is 0 Å². The maximum Gasteiger partial charge on any atom is 0.246 e. The zero-order chi connectivity index (χ0) is 19.0. The first-order chi connectivity index (χ1) is 13.0. The van der Waals surface area contributed by atoms with Crippen LogP contribution in [0, 0.1) is 5.92 Å². The summed E-state index contributed by atoms with van der Waals surface area (Å²) < 4.78 is 0. The molecular formula is C20H27N3O3S. The van der Waals surface area contributed by atoms with Gasteiger partial charge in [-0.2, -0.15) is 11.3 Å². The van der Waals surface area contributed by atoms with E-state index in [0.717, 1.165) is 24.9 Å². The van der Waals surface area contributed by atoms with E-state index in [2.05, 4.69) is 0 Å². The summed E-state index contributed by atoms with van der Waals surface area (Å²) in [4.78, 5) is 43.2. The first-order valence-electron chi connectivity index (χ1n) is 9.87. The molecule has 0 bridgehead atoms. The van der Waals surface area contributed by atoms with Crippen LogP contribution >= 0.6 is 11.3 Å². The number of likely N-dealkylation sites (tertiary alicyclic amines) is 1. The lowest BCUT2D eigenvalue weighted by Crippen LogP contribution is -2.67. The highest BCUT2D eigenvalue weighted by atomic mass is 32.1. The van der Waals surface area contributed by atoms with Crippen LogP contribution in [0.5, 0.6) is 0 Å². The van der Waals surface area contributed by atoms with Crippen LogP contribution in [0.4, 0.5) is 5.69 Å². The van der Waals surface area contributed by atoms with Gasteiger partial charge in [-0.3, -0.25) is 14.4 Å². The summed E-state index contributed by atoms with van der Waals surface area (Å²) in [5, 5.41) is 3.92. The Kier molecular flexibility index (Phi) is 4.97. The van der Waals surface area contributed by atoms with Crippen molar-refractivity contribution in [1.82, 2.24) is 9.80 Å². The van der Waals surface area contributed by atoms with Gasteiger partial charge in [-0.1, -0.05) is 12.8 Å². The molecule has 1 atom stereocenters. The minimum Gasteiger partial charge on any atom is -0.340 e. The van der Waals surface area contributed by atoms with Gasteiger partial charge in [-0.15, -0.1) is 0 Å². The van der Waals surface area contributed by atoms with Crippen LogP contribution in [-0.2, 0) is 14.4 Å². The lowest BCUT2D eigenvalue weighted by molar-refractivity contribution is -0.143. The lowest BCUT2D eigenvalue weighted by Gasteiger charge is -2.47. The Morgan fingerprint density at radius 1 is 1.26 bits per heavy atom. The molecule has 1 saturated carbocycles. The highest BCUT2D eigenvalue weighted by molar-refractivity contribution is 7.08. The molecule has 0 radical (unpaired) electrons. The molecule has 1 unspecified atom stereocenters. The van der Waals surface area contributed by atoms with Crippen molar-refractivity contribution >= 4 is 34.7 Å². The minimum absolute atomic E-state index is 0.0510. The van der Waals surface area contributed by atoms with Gasteiger partial charge in [0.1, 0.15) is 6.54 Å². The molecule has 6 nitrogen and oxygen atoms in total. The maximum absolute atomic E-state index is 12.8. The Balaban J connectivity index is 1.52. The van der Waals surface area contributed by atoms with Crippen molar-refractivity contribution in [3.63, 3.8) is 0 Å². The minimum atomic E-state index is -0.465. The second kappa shape index (κ2) is 7.26. The Bertz CT molecular complexity index is 729. The number of carbonyl (C=O) groups is 3. The number of amides is 3. The summed E-state index contributed by atoms with van der Waals surface area (Å²) in [7, 11) is 0. The lowest BCUT2D eigenvalue weighted by atomic mass is 9.92. The van der Waals surface area contributed by atoms with Crippen LogP contribution in [0.2, 0.25) is 0 Å². The molecule has 27 heavy (non-hydrogen) atoms. The fourth-order valence-electron chi connectivity index (χ4n) is 4.96. The Morgan fingerprint density at radius 3 is 2.70 bits per heavy atom. The second-order valence-electron chi connectivity index (χ2n) is 8.21. The van der Waals surface area contributed by atoms with E-state index in [0.29, 0.717) is 32.0 Å². The largest absolute Gasteiger partial charge is 0.340 e. The smallest absolute Gasteiger partial charge is 0.246 e. The van der Waals surface area contributed by atoms with E-state index in [1.165, 1.54) is 19.8 Å². The van der Waals surface area contributed by atoms with Gasteiger partial charge < -0.3 is 14.7 Å². The van der Waals surface area contributed by atoms with Gasteiger partial charge in [-0.25, -0.2) is 0 Å². The average Bonchev–Trinajstić information content (AvgIpc) is 3.38. The zero-order valence-electron chi connectivity index (χ0n) is 15.9. The number of anilines is 1. The van der Waals surface area contributed by atoms with Gasteiger partial charge in [0.2, 0.25) is 17.7 Å². The fourth-order valence-corrected chi connectivity index (χ4v) is 5.60. The SMILES string of the molecule is CC(=O)N1CC(=O)N(c2ccsc2)CC12CCN(C(=O)CC1CCCC1)C2. The normalized spacial score (nSPS) is 26.4. The first kappa shape index (κ1) is 18.5. The summed E-state index contributed by atoms with van der Waals surface area (Å²) in [5.41, 5.74) is 0.427. The van der Waals surface area contributed by atoms with E-state index in [1.807, 2.05) is 21.7 Å². The van der Waals surface area contributed by atoms with Crippen LogP contribution in [-0.4, -0.2) is 59.2 Å². The van der Waals surface area contributed by atoms with Crippen molar-refractivity contribution < 1.29 is 14.4 Å². The molecule has 2 saturated heterocycles. The second-order valence-corrected chi connectivity index (χ2v) is 8.99. The molecule has 0 aromatic carbocycles. The number of hydrogen-bond donors (Lipinski definition) is 0. The predicted molar refractivity (Wildman–Crippen MR) is 105 cm³/mol. The van der Waals surface area contributed by atoms with Crippen molar-refractivity contribution in [2.75, 3.05) is 31.1 Å². The van der Waals surface area contributed by atoms with E-state index < -0.39 is 5.54 Å². The molecule has 0 N–H and O–H groups in total. The maximum atomic E-state index is 12.8. The third-order valence-corrected chi connectivity index (χ3v) is 7.11. The van der Waals surface area contributed by atoms with E-state index in [4.69, 9.17) is 0 Å². The summed E-state index contributed by atoms with van der Waals surface area (Å²) in [5.74, 6) is 0.595. The third kappa shape index (κ3) is 3.49. The van der Waals surface area contributed by atoms with Gasteiger partial charge in [0.25, 0.3) is 0 Å². The highest BCUT2D eigenvalue weighted by Crippen LogP contribution is 2.36. The Hall–Kier alpha value is -1.89. The molecule has 4 rings (SSSR count). The molecule has 3 heterocycles. The summed E-state index contributed by atoms with van der Waals surface area (Å²) in [6.45, 7) is 3.29. The molecule has 146 valence electrons. The molecule has 1 aliphatic carbocycles. The number of rotatable bonds is 3. The number of thiophene rings is 1. The molecule has 3 aliphatic rings. The Morgan fingerprint density at radius 2 is 2.04 bits per heavy atom. The van der Waals surface area contributed by atoms with E-state index in [1.54, 1.807) is 21.1 Å². The van der Waals surface area contributed by atoms with Gasteiger partial charge in [0.15, 0.2) is 0 Å². The Labute approximate surface area is 164 Å². The summed E-state index contributed by atoms with van der Waals surface area (Å²) in [6.07, 6.45) is 6.14. The van der Waals surface area contributed by atoms with Crippen molar-refractivity contribution in [2.24, 2.45) is 5.92 Å². The summed E-state index contributed by atoms with van der Waals surface area (Å²) >= 11 is 1.56. The quantitative estimate of drug-likeness (QED) is 0.798. The predicted octanol–water partition coefficient (Wildman–Crippen LogP) is 2.49. The molecule has 1 aromatic heterocycles. The molecule has 2 aliphatic heterocycles. The van der Waals surface area contributed by atoms with Gasteiger partial charge in [-0.05, 0) is 36.6 Å². The zero-order valence-corrected chi connectivity index (χ0v) is 16.7. The number of hydrogen-bond acceptors (Lipinski definition) is 4. The monoisotopic (exact) mass is 389 g/mol. The number of piperazine rings is 1. The molecular weight excluding hydrogens is 362 g/mol. The van der Waals surface area contributed by atoms with Crippen molar-refractivity contribution in [3.8, 4) is 0 Å². The number of carbonyl (C=O) groups excluding carboxylic acids is 3. The molecule has 1 aromatic rings. The highest BCUT2D eigenvalue weighted by Gasteiger charge is 2.51. The van der Waals surface area contributed by atoms with Crippen molar-refractivity contribution in [3.05, 3.63) is 16.8 Å². The third-order valence-electron chi connectivity index (χ3n) is 6.44. The topological polar surface area (TPSA) is 60.9 Å². The van der Waals surface area contributed by atoms with Crippen LogP contribution in [0.1, 0.15) is 45.4 Å². The van der Waals surface area contributed by atoms with Crippen molar-refractivity contribution in [1.29, 1.82) is 0 Å². The van der Waals surface area contributed by atoms with E-state index in [-0.39, 0.29) is 24.3 Å². The van der Waals surface area contributed by atoms with Crippen LogP contribution in [0.3, 0.4) is 0 Å².